The highest BCUT2D eigenvalue weighted by atomic mass is 32.1. The van der Waals surface area contributed by atoms with Gasteiger partial charge in [0, 0.05) is 24.2 Å². The fourth-order valence-corrected chi connectivity index (χ4v) is 3.96. The largest absolute Gasteiger partial charge is 0.443 e. The van der Waals surface area contributed by atoms with Crippen molar-refractivity contribution in [3.05, 3.63) is 67.7 Å². The van der Waals surface area contributed by atoms with Crippen LogP contribution in [-0.4, -0.2) is 26.3 Å². The van der Waals surface area contributed by atoms with E-state index in [0.717, 1.165) is 23.0 Å². The summed E-state index contributed by atoms with van der Waals surface area (Å²) in [7, 11) is 0. The van der Waals surface area contributed by atoms with Crippen LogP contribution in [0, 0.1) is 0 Å². The summed E-state index contributed by atoms with van der Waals surface area (Å²) in [6.07, 6.45) is -6.30. The minimum Gasteiger partial charge on any atom is -0.350 e. The van der Waals surface area contributed by atoms with Crippen molar-refractivity contribution < 1.29 is 26.3 Å². The summed E-state index contributed by atoms with van der Waals surface area (Å²) >= 11 is 0.417. The van der Waals surface area contributed by atoms with Crippen molar-refractivity contribution in [2.24, 2.45) is 0 Å². The van der Waals surface area contributed by atoms with Gasteiger partial charge in [0.2, 0.25) is 0 Å². The minimum absolute atomic E-state index is 0.198. The molecule has 164 valence electrons. The lowest BCUT2D eigenvalue weighted by Crippen LogP contribution is -2.35. The molecule has 2 aromatic heterocycles. The first kappa shape index (κ1) is 21.3. The molecule has 0 saturated heterocycles. The number of anilines is 1. The fraction of sp³-hybridized carbons (Fsp3) is 0.333. The van der Waals surface area contributed by atoms with Crippen LogP contribution in [0.1, 0.15) is 26.6 Å². The molecule has 1 aliphatic heterocycles. The molecule has 0 amide bonds. The van der Waals surface area contributed by atoms with Crippen LogP contribution in [0.5, 0.6) is 0 Å². The van der Waals surface area contributed by atoms with Crippen molar-refractivity contribution in [3.63, 3.8) is 0 Å². The first-order valence-electron chi connectivity index (χ1n) is 8.91. The van der Waals surface area contributed by atoms with Crippen molar-refractivity contribution in [3.8, 4) is 0 Å². The summed E-state index contributed by atoms with van der Waals surface area (Å²) in [6.45, 7) is 0.397. The molecule has 1 aliphatic rings. The SMILES string of the molecule is O=c1nc(N2CCc3cc(C(F)(F)F)ccc3C2)cnn1Cc1cnc(C(F)(F)F)s1. The molecule has 0 bridgehead atoms. The second kappa shape index (κ2) is 7.62. The van der Waals surface area contributed by atoms with E-state index in [1.807, 2.05) is 0 Å². The molecule has 6 nitrogen and oxygen atoms in total. The lowest BCUT2D eigenvalue weighted by molar-refractivity contribution is -0.138. The van der Waals surface area contributed by atoms with Gasteiger partial charge < -0.3 is 4.90 Å². The zero-order valence-corrected chi connectivity index (χ0v) is 16.4. The van der Waals surface area contributed by atoms with E-state index in [1.165, 1.54) is 12.3 Å². The zero-order valence-electron chi connectivity index (χ0n) is 15.5. The summed E-state index contributed by atoms with van der Waals surface area (Å²) in [4.78, 5) is 21.4. The van der Waals surface area contributed by atoms with E-state index in [9.17, 15) is 31.1 Å². The van der Waals surface area contributed by atoms with Crippen molar-refractivity contribution in [2.75, 3.05) is 11.4 Å². The second-order valence-electron chi connectivity index (χ2n) is 6.84. The second-order valence-corrected chi connectivity index (χ2v) is 7.95. The molecular weight excluding hydrogens is 448 g/mol. The Morgan fingerprint density at radius 3 is 2.45 bits per heavy atom. The van der Waals surface area contributed by atoms with Gasteiger partial charge in [0.05, 0.1) is 18.3 Å². The van der Waals surface area contributed by atoms with E-state index in [1.54, 1.807) is 4.90 Å². The molecule has 0 fully saturated rings. The summed E-state index contributed by atoms with van der Waals surface area (Å²) < 4.78 is 77.5. The van der Waals surface area contributed by atoms with Crippen molar-refractivity contribution in [1.82, 2.24) is 19.7 Å². The molecule has 3 heterocycles. The smallest absolute Gasteiger partial charge is 0.350 e. The van der Waals surface area contributed by atoms with E-state index in [2.05, 4.69) is 15.1 Å². The van der Waals surface area contributed by atoms with Gasteiger partial charge in [-0.1, -0.05) is 6.07 Å². The molecule has 0 aliphatic carbocycles. The first-order valence-corrected chi connectivity index (χ1v) is 9.72. The van der Waals surface area contributed by atoms with Gasteiger partial charge in [0.15, 0.2) is 10.8 Å². The minimum atomic E-state index is -4.56. The van der Waals surface area contributed by atoms with Gasteiger partial charge in [0.25, 0.3) is 0 Å². The van der Waals surface area contributed by atoms with Gasteiger partial charge >= 0.3 is 18.0 Å². The standard InChI is InChI=1S/C18H13F6N5OS/c19-17(20,21)12-2-1-11-8-28(4-3-10(11)5-12)14-7-26-29(16(30)27-14)9-13-6-25-15(31-13)18(22,23)24/h1-2,5-7H,3-4,8-9H2. The van der Waals surface area contributed by atoms with Gasteiger partial charge in [-0.05, 0) is 29.7 Å². The molecule has 13 heteroatoms. The molecule has 1 aromatic carbocycles. The third-order valence-corrected chi connectivity index (χ3v) is 5.74. The van der Waals surface area contributed by atoms with E-state index in [0.29, 0.717) is 35.4 Å². The van der Waals surface area contributed by atoms with E-state index < -0.39 is 28.6 Å². The number of aromatic nitrogens is 4. The quantitative estimate of drug-likeness (QED) is 0.556. The molecule has 0 radical (unpaired) electrons. The number of halogens is 6. The maximum absolute atomic E-state index is 12.9. The Morgan fingerprint density at radius 2 is 1.81 bits per heavy atom. The summed E-state index contributed by atoms with van der Waals surface area (Å²) in [5.74, 6) is 0.243. The lowest BCUT2D eigenvalue weighted by atomic mass is 9.97. The Labute approximate surface area is 174 Å². The average Bonchev–Trinajstić information content (AvgIpc) is 3.17. The number of thiazole rings is 1. The highest BCUT2D eigenvalue weighted by molar-refractivity contribution is 7.11. The van der Waals surface area contributed by atoms with Gasteiger partial charge in [-0.2, -0.15) is 36.4 Å². The van der Waals surface area contributed by atoms with Gasteiger partial charge in [-0.3, -0.25) is 0 Å². The Balaban J connectivity index is 1.50. The van der Waals surface area contributed by atoms with Gasteiger partial charge in [-0.25, -0.2) is 14.5 Å². The number of alkyl halides is 6. The Kier molecular flexibility index (Phi) is 5.23. The van der Waals surface area contributed by atoms with Gasteiger partial charge in [0.1, 0.15) is 0 Å². The number of benzene rings is 1. The number of fused-ring (bicyclic) bond motifs is 1. The molecule has 0 N–H and O–H groups in total. The number of hydrogen-bond donors (Lipinski definition) is 0. The van der Waals surface area contributed by atoms with E-state index in [4.69, 9.17) is 0 Å². The number of hydrogen-bond acceptors (Lipinski definition) is 6. The molecule has 0 spiro atoms. The maximum atomic E-state index is 12.9. The van der Waals surface area contributed by atoms with Crippen LogP contribution in [-0.2, 0) is 31.9 Å². The highest BCUT2D eigenvalue weighted by Gasteiger charge is 2.34. The molecular formula is C18H13F6N5OS. The van der Waals surface area contributed by atoms with Crippen molar-refractivity contribution in [1.29, 1.82) is 0 Å². The molecule has 0 atom stereocenters. The molecule has 4 rings (SSSR count). The van der Waals surface area contributed by atoms with Crippen LogP contribution in [0.3, 0.4) is 0 Å². The predicted octanol–water partition coefficient (Wildman–Crippen LogP) is 3.74. The third-order valence-electron chi connectivity index (χ3n) is 4.72. The molecule has 0 saturated carbocycles. The topological polar surface area (TPSA) is 63.9 Å². The summed E-state index contributed by atoms with van der Waals surface area (Å²) in [5.41, 5.74) is -0.191. The fourth-order valence-electron chi connectivity index (χ4n) is 3.20. The van der Waals surface area contributed by atoms with Crippen LogP contribution in [0.15, 0.2) is 35.4 Å². The van der Waals surface area contributed by atoms with E-state index >= 15 is 0 Å². The molecule has 31 heavy (non-hydrogen) atoms. The zero-order chi connectivity index (χ0) is 22.4. The Bertz CT molecular complexity index is 1170. The monoisotopic (exact) mass is 461 g/mol. The number of nitrogens with zero attached hydrogens (tertiary/aromatic N) is 5. The average molecular weight is 461 g/mol. The third kappa shape index (κ3) is 4.55. The van der Waals surface area contributed by atoms with Crippen LogP contribution < -0.4 is 10.6 Å². The highest BCUT2D eigenvalue weighted by Crippen LogP contribution is 2.33. The van der Waals surface area contributed by atoms with Crippen LogP contribution >= 0.6 is 11.3 Å². The van der Waals surface area contributed by atoms with Crippen molar-refractivity contribution >= 4 is 17.2 Å². The molecule has 0 unspecified atom stereocenters. The van der Waals surface area contributed by atoms with Gasteiger partial charge in [-0.15, -0.1) is 11.3 Å². The van der Waals surface area contributed by atoms with Crippen LogP contribution in [0.4, 0.5) is 32.2 Å². The molecule has 3 aromatic rings. The normalized spacial score (nSPS) is 14.6. The van der Waals surface area contributed by atoms with E-state index in [-0.39, 0.29) is 23.8 Å². The van der Waals surface area contributed by atoms with Crippen molar-refractivity contribution in [2.45, 2.75) is 31.9 Å². The van der Waals surface area contributed by atoms with Crippen LogP contribution in [0.25, 0.3) is 0 Å². The first-order chi connectivity index (χ1) is 14.5. The Hall–Kier alpha value is -2.96. The summed E-state index contributed by atoms with van der Waals surface area (Å²) in [6, 6.07) is 3.54. The van der Waals surface area contributed by atoms with Crippen LogP contribution in [0.2, 0.25) is 0 Å². The predicted molar refractivity (Wildman–Crippen MR) is 98.7 cm³/mol. The Morgan fingerprint density at radius 1 is 1.03 bits per heavy atom. The maximum Gasteiger partial charge on any atom is 0.443 e. The number of rotatable bonds is 3. The summed E-state index contributed by atoms with van der Waals surface area (Å²) in [5, 5.41) is 2.96. The lowest BCUT2D eigenvalue weighted by Gasteiger charge is -2.29.